The zero-order valence-corrected chi connectivity index (χ0v) is 15.1. The summed E-state index contributed by atoms with van der Waals surface area (Å²) in [6.45, 7) is 2.43. The second kappa shape index (κ2) is 7.59. The molecule has 0 aliphatic carbocycles. The number of amides is 1. The number of carbonyl (C=O) groups is 1. The summed E-state index contributed by atoms with van der Waals surface area (Å²) in [6.07, 6.45) is 2.86. The SMILES string of the molecule is Cc1nocc1C(=O)Nc1ccc(OCCN)c(-c2c(Cl)cnn2C)c1. The number of nitrogens with two attached hydrogens (primary N) is 1. The third-order valence-corrected chi connectivity index (χ3v) is 4.03. The second-order valence-electron chi connectivity index (χ2n) is 5.58. The summed E-state index contributed by atoms with van der Waals surface area (Å²) in [6, 6.07) is 5.26. The minimum absolute atomic E-state index is 0.318. The van der Waals surface area contributed by atoms with Gasteiger partial charge < -0.3 is 20.3 Å². The monoisotopic (exact) mass is 375 g/mol. The highest BCUT2D eigenvalue weighted by Crippen LogP contribution is 2.36. The number of ether oxygens (including phenoxy) is 1. The van der Waals surface area contributed by atoms with E-state index < -0.39 is 0 Å². The maximum Gasteiger partial charge on any atom is 0.260 e. The summed E-state index contributed by atoms with van der Waals surface area (Å²) in [5, 5.41) is 11.2. The molecule has 3 aromatic rings. The molecule has 2 heterocycles. The highest BCUT2D eigenvalue weighted by molar-refractivity contribution is 6.33. The Morgan fingerprint density at radius 2 is 2.27 bits per heavy atom. The molecule has 0 fully saturated rings. The highest BCUT2D eigenvalue weighted by Gasteiger charge is 2.18. The first kappa shape index (κ1) is 18.0. The molecule has 0 spiro atoms. The van der Waals surface area contributed by atoms with Crippen molar-refractivity contribution in [1.29, 1.82) is 0 Å². The van der Waals surface area contributed by atoms with E-state index in [2.05, 4.69) is 15.6 Å². The van der Waals surface area contributed by atoms with E-state index >= 15 is 0 Å². The van der Waals surface area contributed by atoms with Gasteiger partial charge in [0.25, 0.3) is 5.91 Å². The van der Waals surface area contributed by atoms with Crippen molar-refractivity contribution in [1.82, 2.24) is 14.9 Å². The van der Waals surface area contributed by atoms with Crippen molar-refractivity contribution in [3.8, 4) is 17.0 Å². The molecular weight excluding hydrogens is 358 g/mol. The average Bonchev–Trinajstić information content (AvgIpc) is 3.19. The molecule has 0 aliphatic rings. The van der Waals surface area contributed by atoms with Gasteiger partial charge in [-0.25, -0.2) is 0 Å². The normalized spacial score (nSPS) is 10.8. The van der Waals surface area contributed by atoms with Crippen LogP contribution in [0.3, 0.4) is 0 Å². The smallest absolute Gasteiger partial charge is 0.260 e. The minimum Gasteiger partial charge on any atom is -0.492 e. The standard InChI is InChI=1S/C17H18ClN5O3/c1-10-13(9-26-22-10)17(24)21-11-3-4-15(25-6-5-19)12(7-11)16-14(18)8-20-23(16)2/h3-4,7-9H,5-6,19H2,1-2H3,(H,21,24). The molecule has 1 amide bonds. The number of halogens is 1. The van der Waals surface area contributed by atoms with Crippen LogP contribution in [-0.4, -0.2) is 34.0 Å². The van der Waals surface area contributed by atoms with Gasteiger partial charge in [-0.15, -0.1) is 0 Å². The van der Waals surface area contributed by atoms with E-state index in [0.717, 1.165) is 0 Å². The van der Waals surface area contributed by atoms with Gasteiger partial charge in [0, 0.05) is 24.8 Å². The molecule has 0 aliphatic heterocycles. The summed E-state index contributed by atoms with van der Waals surface area (Å²) in [7, 11) is 1.78. The van der Waals surface area contributed by atoms with Crippen molar-refractivity contribution in [2.75, 3.05) is 18.5 Å². The van der Waals surface area contributed by atoms with E-state index in [1.54, 1.807) is 43.0 Å². The highest BCUT2D eigenvalue weighted by atomic mass is 35.5. The Morgan fingerprint density at radius 3 is 2.88 bits per heavy atom. The minimum atomic E-state index is -0.318. The summed E-state index contributed by atoms with van der Waals surface area (Å²) >= 11 is 6.27. The summed E-state index contributed by atoms with van der Waals surface area (Å²) in [4.78, 5) is 12.4. The molecule has 3 N–H and O–H groups in total. The van der Waals surface area contributed by atoms with Gasteiger partial charge in [0.2, 0.25) is 0 Å². The van der Waals surface area contributed by atoms with Crippen LogP contribution >= 0.6 is 11.6 Å². The lowest BCUT2D eigenvalue weighted by Crippen LogP contribution is -2.13. The van der Waals surface area contributed by atoms with Gasteiger partial charge in [-0.1, -0.05) is 16.8 Å². The van der Waals surface area contributed by atoms with Crippen molar-refractivity contribution in [3.05, 3.63) is 46.9 Å². The van der Waals surface area contributed by atoms with Crippen molar-refractivity contribution < 1.29 is 14.1 Å². The number of hydrogen-bond donors (Lipinski definition) is 2. The molecule has 0 atom stereocenters. The Hall–Kier alpha value is -2.84. The number of carbonyl (C=O) groups excluding carboxylic acids is 1. The van der Waals surface area contributed by atoms with Gasteiger partial charge in [0.1, 0.15) is 24.2 Å². The van der Waals surface area contributed by atoms with Gasteiger partial charge in [-0.05, 0) is 25.1 Å². The van der Waals surface area contributed by atoms with Crippen LogP contribution in [0.5, 0.6) is 5.75 Å². The largest absolute Gasteiger partial charge is 0.492 e. The van der Waals surface area contributed by atoms with Gasteiger partial charge in [0.15, 0.2) is 0 Å². The first-order valence-corrected chi connectivity index (χ1v) is 8.26. The van der Waals surface area contributed by atoms with Crippen molar-refractivity contribution in [2.24, 2.45) is 12.8 Å². The molecule has 1 aromatic carbocycles. The molecular formula is C17H18ClN5O3. The molecule has 2 aromatic heterocycles. The van der Waals surface area contributed by atoms with Gasteiger partial charge in [0.05, 0.1) is 22.6 Å². The lowest BCUT2D eigenvalue weighted by atomic mass is 10.1. The number of hydrogen-bond acceptors (Lipinski definition) is 6. The van der Waals surface area contributed by atoms with Crippen LogP contribution in [0.15, 0.2) is 35.2 Å². The van der Waals surface area contributed by atoms with Crippen LogP contribution in [0.1, 0.15) is 16.1 Å². The Kier molecular flexibility index (Phi) is 5.24. The Morgan fingerprint density at radius 1 is 1.46 bits per heavy atom. The van der Waals surface area contributed by atoms with Crippen LogP contribution in [0, 0.1) is 6.92 Å². The quantitative estimate of drug-likeness (QED) is 0.685. The fourth-order valence-corrected chi connectivity index (χ4v) is 2.78. The number of rotatable bonds is 6. The van der Waals surface area contributed by atoms with E-state index in [-0.39, 0.29) is 5.91 Å². The van der Waals surface area contributed by atoms with Crippen molar-refractivity contribution in [3.63, 3.8) is 0 Å². The number of aromatic nitrogens is 3. The predicted molar refractivity (Wildman–Crippen MR) is 97.4 cm³/mol. The lowest BCUT2D eigenvalue weighted by Gasteiger charge is -2.14. The number of benzene rings is 1. The molecule has 3 rings (SSSR count). The summed E-state index contributed by atoms with van der Waals surface area (Å²) < 4.78 is 12.2. The topological polar surface area (TPSA) is 108 Å². The van der Waals surface area contributed by atoms with Crippen LogP contribution < -0.4 is 15.8 Å². The maximum atomic E-state index is 12.4. The number of nitrogens with zero attached hydrogens (tertiary/aromatic N) is 3. The van der Waals surface area contributed by atoms with Gasteiger partial charge in [-0.2, -0.15) is 5.10 Å². The predicted octanol–water partition coefficient (Wildman–Crippen LogP) is 2.63. The first-order valence-electron chi connectivity index (χ1n) is 7.88. The van der Waals surface area contributed by atoms with E-state index in [1.165, 1.54) is 6.26 Å². The van der Waals surface area contributed by atoms with Crippen molar-refractivity contribution in [2.45, 2.75) is 6.92 Å². The summed E-state index contributed by atoms with van der Waals surface area (Å²) in [5.74, 6) is 0.279. The van der Waals surface area contributed by atoms with Crippen LogP contribution in [-0.2, 0) is 7.05 Å². The molecule has 0 saturated heterocycles. The second-order valence-corrected chi connectivity index (χ2v) is 5.99. The third kappa shape index (κ3) is 3.56. The lowest BCUT2D eigenvalue weighted by molar-refractivity contribution is 0.102. The van der Waals surface area contributed by atoms with Crippen molar-refractivity contribution >= 4 is 23.2 Å². The Balaban J connectivity index is 1.97. The Labute approximate surface area is 154 Å². The first-order chi connectivity index (χ1) is 12.5. The fourth-order valence-electron chi connectivity index (χ4n) is 2.51. The molecule has 26 heavy (non-hydrogen) atoms. The van der Waals surface area contributed by atoms with Crippen LogP contribution in [0.25, 0.3) is 11.3 Å². The zero-order valence-electron chi connectivity index (χ0n) is 14.3. The Bertz CT molecular complexity index is 915. The zero-order chi connectivity index (χ0) is 18.7. The molecule has 8 nitrogen and oxygen atoms in total. The number of anilines is 1. The molecule has 9 heteroatoms. The van der Waals surface area contributed by atoms with E-state index in [0.29, 0.717) is 52.1 Å². The van der Waals surface area contributed by atoms with Crippen LogP contribution in [0.2, 0.25) is 5.02 Å². The number of aryl methyl sites for hydroxylation is 2. The molecule has 0 bridgehead atoms. The van der Waals surface area contributed by atoms with E-state index in [9.17, 15) is 4.79 Å². The van der Waals surface area contributed by atoms with Crippen LogP contribution in [0.4, 0.5) is 5.69 Å². The molecule has 0 saturated carbocycles. The fraction of sp³-hybridized carbons (Fsp3) is 0.235. The van der Waals surface area contributed by atoms with Gasteiger partial charge in [-0.3, -0.25) is 9.48 Å². The molecule has 0 unspecified atom stereocenters. The molecule has 136 valence electrons. The van der Waals surface area contributed by atoms with Gasteiger partial charge >= 0.3 is 0 Å². The van der Waals surface area contributed by atoms with E-state index in [1.807, 2.05) is 0 Å². The third-order valence-electron chi connectivity index (χ3n) is 3.76. The average molecular weight is 376 g/mol. The number of nitrogens with one attached hydrogen (secondary N) is 1. The molecule has 0 radical (unpaired) electrons. The maximum absolute atomic E-state index is 12.4. The summed E-state index contributed by atoms with van der Waals surface area (Å²) in [5.41, 5.74) is 8.36. The van der Waals surface area contributed by atoms with E-state index in [4.69, 9.17) is 26.6 Å².